The summed E-state index contributed by atoms with van der Waals surface area (Å²) in [6.45, 7) is 1.62. The van der Waals surface area contributed by atoms with Crippen LogP contribution in [0.15, 0.2) is 46.9 Å². The van der Waals surface area contributed by atoms with Gasteiger partial charge in [0.2, 0.25) is 5.91 Å². The molecule has 0 atom stereocenters. The van der Waals surface area contributed by atoms with Gasteiger partial charge in [-0.3, -0.25) is 14.4 Å². The molecule has 0 saturated heterocycles. The second kappa shape index (κ2) is 11.6. The van der Waals surface area contributed by atoms with Gasteiger partial charge in [0.05, 0.1) is 0 Å². The van der Waals surface area contributed by atoms with Gasteiger partial charge < -0.3 is 15.4 Å². The van der Waals surface area contributed by atoms with Crippen molar-refractivity contribution >= 4 is 56.7 Å². The fourth-order valence-corrected chi connectivity index (χ4v) is 3.07. The molecule has 2 aromatic rings. The number of esters is 1. The molecule has 0 aliphatic carbocycles. The van der Waals surface area contributed by atoms with Crippen molar-refractivity contribution in [3.05, 3.63) is 57.5 Å². The van der Waals surface area contributed by atoms with E-state index in [1.165, 1.54) is 0 Å². The van der Waals surface area contributed by atoms with Gasteiger partial charge in [-0.2, -0.15) is 0 Å². The molecule has 0 aliphatic heterocycles. The topological polar surface area (TPSA) is 84.5 Å². The van der Waals surface area contributed by atoms with Gasteiger partial charge in [-0.15, -0.1) is 0 Å². The average Bonchev–Trinajstić information content (AvgIpc) is 2.69. The number of hydrogen-bond donors (Lipinski definition) is 2. The summed E-state index contributed by atoms with van der Waals surface area (Å²) in [6, 6.07) is 12.3. The highest BCUT2D eigenvalue weighted by Crippen LogP contribution is 2.21. The smallest absolute Gasteiger partial charge is 0.306 e. The monoisotopic (exact) mass is 480 g/mol. The third-order valence-electron chi connectivity index (χ3n) is 4.00. The third-order valence-corrected chi connectivity index (χ3v) is 4.74. The molecule has 0 saturated carbocycles. The maximum absolute atomic E-state index is 12.0. The Hall–Kier alpha value is -2.38. The number of nitrogens with one attached hydrogen (secondary N) is 2. The molecule has 154 valence electrons. The molecular formula is C21H22BrClN2O4. The van der Waals surface area contributed by atoms with E-state index in [4.69, 9.17) is 16.3 Å². The number of carbonyl (C=O) groups is 3. The van der Waals surface area contributed by atoms with Gasteiger partial charge in [-0.25, -0.2) is 0 Å². The number of rotatable bonds is 9. The first-order valence-corrected chi connectivity index (χ1v) is 10.3. The number of ether oxygens (including phenoxy) is 1. The Bertz CT molecular complexity index is 871. The summed E-state index contributed by atoms with van der Waals surface area (Å²) in [5, 5.41) is 6.04. The summed E-state index contributed by atoms with van der Waals surface area (Å²) >= 11 is 9.18. The Kier molecular flexibility index (Phi) is 9.15. The van der Waals surface area contributed by atoms with Gasteiger partial charge in [0.15, 0.2) is 6.61 Å². The van der Waals surface area contributed by atoms with E-state index >= 15 is 0 Å². The maximum atomic E-state index is 12.0. The number of aryl methyl sites for hydroxylation is 1. The average molecular weight is 482 g/mol. The van der Waals surface area contributed by atoms with Crippen molar-refractivity contribution in [2.75, 3.05) is 17.2 Å². The quantitative estimate of drug-likeness (QED) is 0.496. The zero-order valence-electron chi connectivity index (χ0n) is 16.0. The van der Waals surface area contributed by atoms with Crippen LogP contribution in [0.2, 0.25) is 5.02 Å². The van der Waals surface area contributed by atoms with Crippen LogP contribution in [0, 0.1) is 0 Å². The molecule has 0 fully saturated rings. The van der Waals surface area contributed by atoms with E-state index in [2.05, 4.69) is 26.6 Å². The normalized spacial score (nSPS) is 10.3. The minimum Gasteiger partial charge on any atom is -0.456 e. The molecule has 2 rings (SSSR count). The molecule has 0 unspecified atom stereocenters. The maximum Gasteiger partial charge on any atom is 0.306 e. The summed E-state index contributed by atoms with van der Waals surface area (Å²) in [5.41, 5.74) is 2.31. The van der Waals surface area contributed by atoms with Crippen LogP contribution in [-0.2, 0) is 25.5 Å². The van der Waals surface area contributed by atoms with Crippen molar-refractivity contribution in [1.82, 2.24) is 0 Å². The predicted octanol–water partition coefficient (Wildman–Crippen LogP) is 4.96. The molecule has 0 bridgehead atoms. The number of halogens is 2. The number of hydrogen-bond acceptors (Lipinski definition) is 4. The van der Waals surface area contributed by atoms with Gasteiger partial charge in [0.25, 0.3) is 5.91 Å². The molecule has 0 aliphatic rings. The van der Waals surface area contributed by atoms with Gasteiger partial charge in [0, 0.05) is 33.7 Å². The SMILES string of the molecule is CCc1cc(Br)ccc1NC(=O)COC(=O)CCCC(=O)Nc1ccc(Cl)cc1. The number of amides is 2. The molecule has 6 nitrogen and oxygen atoms in total. The second-order valence-corrected chi connectivity index (χ2v) is 7.62. The Morgan fingerprint density at radius 3 is 2.41 bits per heavy atom. The lowest BCUT2D eigenvalue weighted by Gasteiger charge is -2.11. The van der Waals surface area contributed by atoms with Crippen molar-refractivity contribution in [2.24, 2.45) is 0 Å². The highest BCUT2D eigenvalue weighted by Gasteiger charge is 2.11. The lowest BCUT2D eigenvalue weighted by atomic mass is 10.1. The minimum absolute atomic E-state index is 0.0554. The van der Waals surface area contributed by atoms with Crippen molar-refractivity contribution in [2.45, 2.75) is 32.6 Å². The first kappa shape index (κ1) is 22.9. The summed E-state index contributed by atoms with van der Waals surface area (Å²) in [4.78, 5) is 35.7. The molecular weight excluding hydrogens is 460 g/mol. The minimum atomic E-state index is -0.522. The molecule has 2 amide bonds. The lowest BCUT2D eigenvalue weighted by molar-refractivity contribution is -0.147. The van der Waals surface area contributed by atoms with Gasteiger partial charge >= 0.3 is 5.97 Å². The zero-order valence-corrected chi connectivity index (χ0v) is 18.3. The van der Waals surface area contributed by atoms with E-state index < -0.39 is 11.9 Å². The van der Waals surface area contributed by atoms with Crippen molar-refractivity contribution in [3.8, 4) is 0 Å². The van der Waals surface area contributed by atoms with Crippen LogP contribution in [0.3, 0.4) is 0 Å². The van der Waals surface area contributed by atoms with Crippen LogP contribution in [-0.4, -0.2) is 24.4 Å². The Morgan fingerprint density at radius 2 is 1.72 bits per heavy atom. The largest absolute Gasteiger partial charge is 0.456 e. The predicted molar refractivity (Wildman–Crippen MR) is 117 cm³/mol. The first-order chi connectivity index (χ1) is 13.9. The van der Waals surface area contributed by atoms with Crippen LogP contribution < -0.4 is 10.6 Å². The molecule has 0 aromatic heterocycles. The van der Waals surface area contributed by atoms with Crippen molar-refractivity contribution in [1.29, 1.82) is 0 Å². The third kappa shape index (κ3) is 8.25. The summed E-state index contributed by atoms with van der Waals surface area (Å²) < 4.78 is 5.91. The fourth-order valence-electron chi connectivity index (χ4n) is 2.53. The molecule has 2 N–H and O–H groups in total. The van der Waals surface area contributed by atoms with E-state index in [-0.39, 0.29) is 25.4 Å². The standard InChI is InChI=1S/C21H22BrClN2O4/c1-2-14-12-15(22)6-11-18(14)25-20(27)13-29-21(28)5-3-4-19(26)24-17-9-7-16(23)8-10-17/h6-12H,2-5,13H2,1H3,(H,24,26)(H,25,27). The van der Waals surface area contributed by atoms with Crippen molar-refractivity contribution in [3.63, 3.8) is 0 Å². The number of anilines is 2. The Morgan fingerprint density at radius 1 is 1.00 bits per heavy atom. The lowest BCUT2D eigenvalue weighted by Crippen LogP contribution is -2.21. The van der Waals surface area contributed by atoms with Crippen LogP contribution in [0.1, 0.15) is 31.7 Å². The molecule has 0 radical (unpaired) electrons. The van der Waals surface area contributed by atoms with E-state index in [0.29, 0.717) is 22.8 Å². The summed E-state index contributed by atoms with van der Waals surface area (Å²) in [6.07, 6.45) is 1.31. The highest BCUT2D eigenvalue weighted by atomic mass is 79.9. The van der Waals surface area contributed by atoms with E-state index in [1.807, 2.05) is 19.1 Å². The number of carbonyl (C=O) groups excluding carboxylic acids is 3. The van der Waals surface area contributed by atoms with Crippen molar-refractivity contribution < 1.29 is 19.1 Å². The van der Waals surface area contributed by atoms with Crippen LogP contribution >= 0.6 is 27.5 Å². The molecule has 0 heterocycles. The van der Waals surface area contributed by atoms with Crippen LogP contribution in [0.5, 0.6) is 0 Å². The van der Waals surface area contributed by atoms with Crippen LogP contribution in [0.25, 0.3) is 0 Å². The van der Waals surface area contributed by atoms with Crippen LogP contribution in [0.4, 0.5) is 11.4 Å². The first-order valence-electron chi connectivity index (χ1n) is 9.16. The Labute approximate surface area is 183 Å². The van der Waals surface area contributed by atoms with E-state index in [9.17, 15) is 14.4 Å². The number of benzene rings is 2. The second-order valence-electron chi connectivity index (χ2n) is 6.27. The van der Waals surface area contributed by atoms with Gasteiger partial charge in [0.1, 0.15) is 0 Å². The molecule has 8 heteroatoms. The van der Waals surface area contributed by atoms with E-state index in [0.717, 1.165) is 16.5 Å². The Balaban J connectivity index is 1.67. The molecule has 2 aromatic carbocycles. The van der Waals surface area contributed by atoms with Gasteiger partial charge in [-0.1, -0.05) is 34.5 Å². The molecule has 29 heavy (non-hydrogen) atoms. The summed E-state index contributed by atoms with van der Waals surface area (Å²) in [5.74, 6) is -1.14. The summed E-state index contributed by atoms with van der Waals surface area (Å²) in [7, 11) is 0. The van der Waals surface area contributed by atoms with Gasteiger partial charge in [-0.05, 0) is 60.9 Å². The zero-order chi connectivity index (χ0) is 21.2. The highest BCUT2D eigenvalue weighted by molar-refractivity contribution is 9.10. The fraction of sp³-hybridized carbons (Fsp3) is 0.286. The molecule has 0 spiro atoms. The van der Waals surface area contributed by atoms with E-state index in [1.54, 1.807) is 30.3 Å².